The van der Waals surface area contributed by atoms with Crippen LogP contribution in [0.3, 0.4) is 0 Å². The van der Waals surface area contributed by atoms with Crippen molar-refractivity contribution in [2.24, 2.45) is 11.5 Å². The van der Waals surface area contributed by atoms with Crippen molar-refractivity contribution >= 4 is 23.7 Å². The van der Waals surface area contributed by atoms with Gasteiger partial charge in [-0.15, -0.1) is 0 Å². The average Bonchev–Trinajstić information content (AvgIpc) is 2.32. The number of nitrogens with one attached hydrogen (secondary N) is 2. The lowest BCUT2D eigenvalue weighted by atomic mass is 10.1. The van der Waals surface area contributed by atoms with E-state index in [4.69, 9.17) is 16.9 Å². The van der Waals surface area contributed by atoms with Crippen LogP contribution in [0.1, 0.15) is 26.2 Å². The van der Waals surface area contributed by atoms with E-state index in [2.05, 4.69) is 10.1 Å². The monoisotopic (exact) mass is 258 g/mol. The summed E-state index contributed by atoms with van der Waals surface area (Å²) in [6.45, 7) is 1.87. The SMILES string of the molecule is CCC(=O)C(=O)OC(=O)[C@@H](N)CCCNC(=N)N. The molecule has 0 saturated heterocycles. The van der Waals surface area contributed by atoms with E-state index in [1.54, 1.807) is 0 Å². The lowest BCUT2D eigenvalue weighted by Gasteiger charge is -2.10. The van der Waals surface area contributed by atoms with E-state index >= 15 is 0 Å². The van der Waals surface area contributed by atoms with Gasteiger partial charge in [-0.1, -0.05) is 6.92 Å². The minimum atomic E-state index is -1.18. The maximum absolute atomic E-state index is 11.3. The first kappa shape index (κ1) is 16.0. The molecule has 8 heteroatoms. The summed E-state index contributed by atoms with van der Waals surface area (Å²) in [5.74, 6) is -3.05. The van der Waals surface area contributed by atoms with Gasteiger partial charge in [-0.25, -0.2) is 9.59 Å². The molecule has 8 nitrogen and oxygen atoms in total. The van der Waals surface area contributed by atoms with Crippen molar-refractivity contribution in [2.75, 3.05) is 6.54 Å². The number of Topliss-reactive ketones (excluding diaryl/α,β-unsaturated/α-hetero) is 1. The number of esters is 2. The minimum absolute atomic E-state index is 0.0239. The van der Waals surface area contributed by atoms with Crippen LogP contribution in [0.25, 0.3) is 0 Å². The fourth-order valence-corrected chi connectivity index (χ4v) is 1.03. The van der Waals surface area contributed by atoms with Gasteiger partial charge in [-0.3, -0.25) is 10.2 Å². The van der Waals surface area contributed by atoms with E-state index in [1.807, 2.05) is 0 Å². The number of ether oxygens (including phenoxy) is 1. The average molecular weight is 258 g/mol. The Balaban J connectivity index is 3.93. The number of nitrogens with two attached hydrogens (primary N) is 2. The van der Waals surface area contributed by atoms with E-state index < -0.39 is 23.8 Å². The highest BCUT2D eigenvalue weighted by Gasteiger charge is 2.22. The summed E-state index contributed by atoms with van der Waals surface area (Å²) in [5, 5.41) is 9.43. The molecule has 102 valence electrons. The van der Waals surface area contributed by atoms with Gasteiger partial charge in [0.15, 0.2) is 5.96 Å². The molecule has 0 saturated carbocycles. The van der Waals surface area contributed by atoms with Gasteiger partial charge in [0.05, 0.1) is 0 Å². The maximum Gasteiger partial charge on any atom is 0.382 e. The molecule has 0 rings (SSSR count). The molecule has 6 N–H and O–H groups in total. The zero-order valence-corrected chi connectivity index (χ0v) is 10.2. The largest absolute Gasteiger partial charge is 0.386 e. The second-order valence-electron chi connectivity index (χ2n) is 3.57. The normalized spacial score (nSPS) is 11.4. The van der Waals surface area contributed by atoms with Gasteiger partial charge in [-0.05, 0) is 12.8 Å². The molecule has 0 aliphatic heterocycles. The number of rotatable bonds is 7. The summed E-state index contributed by atoms with van der Waals surface area (Å²) in [6.07, 6.45) is 0.711. The van der Waals surface area contributed by atoms with E-state index in [1.165, 1.54) is 6.92 Å². The Morgan fingerprint density at radius 3 is 2.50 bits per heavy atom. The quantitative estimate of drug-likeness (QED) is 0.110. The van der Waals surface area contributed by atoms with Gasteiger partial charge < -0.3 is 21.5 Å². The van der Waals surface area contributed by atoms with Gasteiger partial charge in [0.25, 0.3) is 0 Å². The Morgan fingerprint density at radius 1 is 1.39 bits per heavy atom. The number of carbonyl (C=O) groups excluding carboxylic acids is 3. The predicted molar refractivity (Wildman–Crippen MR) is 63.5 cm³/mol. The summed E-state index contributed by atoms with van der Waals surface area (Å²) in [5.41, 5.74) is 10.5. The molecule has 0 unspecified atom stereocenters. The van der Waals surface area contributed by atoms with Crippen molar-refractivity contribution < 1.29 is 19.1 Å². The molecule has 0 bridgehead atoms. The van der Waals surface area contributed by atoms with Crippen molar-refractivity contribution in [1.29, 1.82) is 5.41 Å². The molecule has 0 spiro atoms. The van der Waals surface area contributed by atoms with Crippen molar-refractivity contribution in [3.63, 3.8) is 0 Å². The zero-order chi connectivity index (χ0) is 14.1. The zero-order valence-electron chi connectivity index (χ0n) is 10.2. The van der Waals surface area contributed by atoms with Gasteiger partial charge in [0.1, 0.15) is 6.04 Å². The summed E-state index contributed by atoms with van der Waals surface area (Å²) < 4.78 is 4.30. The van der Waals surface area contributed by atoms with Crippen molar-refractivity contribution in [1.82, 2.24) is 5.32 Å². The van der Waals surface area contributed by atoms with Crippen molar-refractivity contribution in [3.05, 3.63) is 0 Å². The summed E-state index contributed by atoms with van der Waals surface area (Å²) in [7, 11) is 0. The number of hydrogen-bond acceptors (Lipinski definition) is 6. The molecule has 0 heterocycles. The lowest BCUT2D eigenvalue weighted by Crippen LogP contribution is -2.37. The molecule has 0 aromatic carbocycles. The van der Waals surface area contributed by atoms with Crippen molar-refractivity contribution in [2.45, 2.75) is 32.2 Å². The number of hydrogen-bond donors (Lipinski definition) is 4. The number of carbonyl (C=O) groups is 3. The number of guanidine groups is 1. The van der Waals surface area contributed by atoms with Gasteiger partial charge >= 0.3 is 11.9 Å². The third-order valence-electron chi connectivity index (χ3n) is 2.05. The highest BCUT2D eigenvalue weighted by atomic mass is 16.6. The Morgan fingerprint density at radius 2 is 2.00 bits per heavy atom. The molecular weight excluding hydrogens is 240 g/mol. The van der Waals surface area contributed by atoms with E-state index in [9.17, 15) is 14.4 Å². The van der Waals surface area contributed by atoms with E-state index in [0.717, 1.165) is 0 Å². The second kappa shape index (κ2) is 8.18. The molecule has 0 aliphatic rings. The third-order valence-corrected chi connectivity index (χ3v) is 2.05. The van der Waals surface area contributed by atoms with Crippen LogP contribution in [0, 0.1) is 5.41 Å². The van der Waals surface area contributed by atoms with Gasteiger partial charge in [0.2, 0.25) is 5.78 Å². The smallest absolute Gasteiger partial charge is 0.382 e. The molecule has 1 atom stereocenters. The van der Waals surface area contributed by atoms with Crippen LogP contribution in [0.2, 0.25) is 0 Å². The Labute approximate surface area is 105 Å². The van der Waals surface area contributed by atoms with Crippen LogP contribution >= 0.6 is 0 Å². The summed E-state index contributed by atoms with van der Waals surface area (Å²) >= 11 is 0. The first-order chi connectivity index (χ1) is 8.38. The second-order valence-corrected chi connectivity index (χ2v) is 3.57. The highest BCUT2D eigenvalue weighted by Crippen LogP contribution is 1.98. The molecule has 0 aliphatic carbocycles. The topological polar surface area (TPSA) is 148 Å². The van der Waals surface area contributed by atoms with Crippen LogP contribution in [0.4, 0.5) is 0 Å². The fourth-order valence-electron chi connectivity index (χ4n) is 1.03. The van der Waals surface area contributed by atoms with Gasteiger partial charge in [-0.2, -0.15) is 0 Å². The van der Waals surface area contributed by atoms with Crippen LogP contribution in [0.15, 0.2) is 0 Å². The first-order valence-electron chi connectivity index (χ1n) is 5.50. The Kier molecular flexibility index (Phi) is 7.29. The van der Waals surface area contributed by atoms with E-state index in [-0.39, 0.29) is 18.8 Å². The third kappa shape index (κ3) is 6.59. The molecule has 0 radical (unpaired) electrons. The molecule has 0 amide bonds. The summed E-state index contributed by atoms with van der Waals surface area (Å²) in [6, 6.07) is -0.979. The van der Waals surface area contributed by atoms with Crippen LogP contribution in [0.5, 0.6) is 0 Å². The summed E-state index contributed by atoms with van der Waals surface area (Å²) in [4.78, 5) is 33.2. The van der Waals surface area contributed by atoms with Crippen LogP contribution in [-0.4, -0.2) is 36.3 Å². The predicted octanol–water partition coefficient (Wildman–Crippen LogP) is -1.37. The minimum Gasteiger partial charge on any atom is -0.386 e. The Bertz CT molecular complexity index is 343. The Hall–Kier alpha value is -1.96. The van der Waals surface area contributed by atoms with Crippen LogP contribution < -0.4 is 16.8 Å². The standard InChI is InChI=1S/C10H18N4O4/c1-2-7(15)9(17)18-8(16)6(11)4-3-5-14-10(12)13/h6H,2-5,11H2,1H3,(H4,12,13,14)/t6-/m0/s1. The lowest BCUT2D eigenvalue weighted by molar-refractivity contribution is -0.165. The first-order valence-corrected chi connectivity index (χ1v) is 5.50. The van der Waals surface area contributed by atoms with Gasteiger partial charge in [0, 0.05) is 13.0 Å². The molecule has 18 heavy (non-hydrogen) atoms. The molecule has 0 aromatic heterocycles. The van der Waals surface area contributed by atoms with Crippen molar-refractivity contribution in [3.8, 4) is 0 Å². The van der Waals surface area contributed by atoms with E-state index in [0.29, 0.717) is 13.0 Å². The maximum atomic E-state index is 11.3. The van der Waals surface area contributed by atoms with Crippen LogP contribution in [-0.2, 0) is 19.1 Å². The molecule has 0 fully saturated rings. The number of ketones is 1. The highest BCUT2D eigenvalue weighted by molar-refractivity contribution is 6.35. The molecule has 0 aromatic rings. The molecular formula is C10H18N4O4. The fraction of sp³-hybridized carbons (Fsp3) is 0.600.